The number of rotatable bonds is 2. The monoisotopic (exact) mass is 367 g/mol. The van der Waals surface area contributed by atoms with Gasteiger partial charge in [-0.2, -0.15) is 0 Å². The number of aromatic amines is 2. The molecule has 1 atom stereocenters. The first-order valence-electron chi connectivity index (χ1n) is 9.34. The lowest BCUT2D eigenvalue weighted by Crippen LogP contribution is -2.20. The molecule has 0 aliphatic carbocycles. The molecule has 4 heterocycles. The first-order valence-corrected chi connectivity index (χ1v) is 9.34. The maximum Gasteiger partial charge on any atom is 0.141 e. The molecule has 2 aromatic carbocycles. The van der Waals surface area contributed by atoms with Gasteiger partial charge in [-0.15, -0.1) is 0 Å². The summed E-state index contributed by atoms with van der Waals surface area (Å²) in [4.78, 5) is 20.2. The zero-order valence-electron chi connectivity index (χ0n) is 15.0. The third-order valence-corrected chi connectivity index (χ3v) is 5.39. The van der Waals surface area contributed by atoms with Crippen LogP contribution in [0.25, 0.3) is 33.3 Å². The molecule has 0 bridgehead atoms. The van der Waals surface area contributed by atoms with E-state index in [-0.39, 0.29) is 5.92 Å². The summed E-state index contributed by atoms with van der Waals surface area (Å²) in [5, 5.41) is 1.01. The van der Waals surface area contributed by atoms with Crippen LogP contribution < -0.4 is 4.74 Å². The third-order valence-electron chi connectivity index (χ3n) is 5.39. The van der Waals surface area contributed by atoms with Crippen LogP contribution in [0.2, 0.25) is 0 Å². The molecule has 0 saturated carbocycles. The van der Waals surface area contributed by atoms with E-state index >= 15 is 0 Å². The number of nitrogens with one attached hydrogen (secondary N) is 2. The van der Waals surface area contributed by atoms with Gasteiger partial charge in [0.2, 0.25) is 0 Å². The summed E-state index contributed by atoms with van der Waals surface area (Å²) < 4.78 is 5.94. The SMILES string of the molecule is c1ccc2c(c1)CC(c1nc3ccc(-c4ncnc5[nH]ccc45)cc3[nH]1)CO2. The summed E-state index contributed by atoms with van der Waals surface area (Å²) in [6.07, 6.45) is 4.41. The Labute approximate surface area is 160 Å². The standard InChI is InChI=1S/C22H17N5O/c1-2-4-19-13(3-1)9-15(11-28-19)21-26-17-6-5-14(10-18(17)27-21)20-16-7-8-23-22(16)25-12-24-20/h1-8,10,12,15H,9,11H2,(H,26,27)(H,23,24,25). The van der Waals surface area contributed by atoms with Gasteiger partial charge in [-0.3, -0.25) is 0 Å². The van der Waals surface area contributed by atoms with Crippen molar-refractivity contribution in [3.8, 4) is 17.0 Å². The molecule has 6 nitrogen and oxygen atoms in total. The molecule has 6 heteroatoms. The largest absolute Gasteiger partial charge is 0.493 e. The predicted octanol–water partition coefficient (Wildman–Crippen LogP) is 4.22. The molecule has 5 aromatic rings. The Hall–Kier alpha value is -3.67. The highest BCUT2D eigenvalue weighted by atomic mass is 16.5. The number of nitrogens with zero attached hydrogens (tertiary/aromatic N) is 3. The Morgan fingerprint density at radius 1 is 1.04 bits per heavy atom. The normalized spacial score (nSPS) is 16.2. The number of ether oxygens (including phenoxy) is 1. The number of H-pyrrole nitrogens is 2. The second-order valence-electron chi connectivity index (χ2n) is 7.14. The highest BCUT2D eigenvalue weighted by molar-refractivity contribution is 5.93. The van der Waals surface area contributed by atoms with Gasteiger partial charge in [-0.1, -0.05) is 24.3 Å². The second kappa shape index (κ2) is 5.92. The van der Waals surface area contributed by atoms with Crippen LogP contribution in [-0.4, -0.2) is 31.5 Å². The fraction of sp³-hybridized carbons (Fsp3) is 0.136. The molecule has 1 aliphatic heterocycles. The van der Waals surface area contributed by atoms with Gasteiger partial charge in [0.15, 0.2) is 0 Å². The summed E-state index contributed by atoms with van der Waals surface area (Å²) >= 11 is 0. The highest BCUT2D eigenvalue weighted by Crippen LogP contribution is 2.33. The van der Waals surface area contributed by atoms with Crippen molar-refractivity contribution in [2.24, 2.45) is 0 Å². The van der Waals surface area contributed by atoms with Crippen LogP contribution >= 0.6 is 0 Å². The van der Waals surface area contributed by atoms with E-state index in [1.807, 2.05) is 30.5 Å². The topological polar surface area (TPSA) is 79.5 Å². The van der Waals surface area contributed by atoms with E-state index in [0.717, 1.165) is 51.3 Å². The van der Waals surface area contributed by atoms with Crippen molar-refractivity contribution < 1.29 is 4.74 Å². The first-order chi connectivity index (χ1) is 13.8. The van der Waals surface area contributed by atoms with E-state index in [2.05, 4.69) is 44.2 Å². The molecule has 0 radical (unpaired) electrons. The van der Waals surface area contributed by atoms with Crippen molar-refractivity contribution in [3.05, 3.63) is 72.4 Å². The molecule has 0 saturated heterocycles. The van der Waals surface area contributed by atoms with E-state index in [9.17, 15) is 0 Å². The zero-order valence-corrected chi connectivity index (χ0v) is 15.0. The Morgan fingerprint density at radius 2 is 2.00 bits per heavy atom. The Kier molecular flexibility index (Phi) is 3.25. The minimum atomic E-state index is 0.223. The van der Waals surface area contributed by atoms with E-state index in [1.165, 1.54) is 5.56 Å². The van der Waals surface area contributed by atoms with Crippen molar-refractivity contribution in [2.45, 2.75) is 12.3 Å². The van der Waals surface area contributed by atoms with Crippen LogP contribution in [0.1, 0.15) is 17.3 Å². The van der Waals surface area contributed by atoms with Gasteiger partial charge in [0.25, 0.3) is 0 Å². The molecule has 6 rings (SSSR count). The lowest BCUT2D eigenvalue weighted by atomic mass is 9.96. The second-order valence-corrected chi connectivity index (χ2v) is 7.14. The van der Waals surface area contributed by atoms with Crippen LogP contribution in [0.5, 0.6) is 5.75 Å². The van der Waals surface area contributed by atoms with Crippen molar-refractivity contribution in [1.29, 1.82) is 0 Å². The summed E-state index contributed by atoms with van der Waals surface area (Å²) in [6.45, 7) is 0.638. The lowest BCUT2D eigenvalue weighted by molar-refractivity contribution is 0.258. The molecule has 1 aliphatic rings. The quantitative estimate of drug-likeness (QED) is 0.490. The molecule has 2 N–H and O–H groups in total. The van der Waals surface area contributed by atoms with Crippen LogP contribution in [0.15, 0.2) is 61.1 Å². The van der Waals surface area contributed by atoms with Gasteiger partial charge in [-0.05, 0) is 36.2 Å². The molecule has 28 heavy (non-hydrogen) atoms. The van der Waals surface area contributed by atoms with Crippen molar-refractivity contribution in [3.63, 3.8) is 0 Å². The Bertz CT molecular complexity index is 1320. The lowest BCUT2D eigenvalue weighted by Gasteiger charge is -2.23. The molecule has 0 amide bonds. The van der Waals surface area contributed by atoms with E-state index in [1.54, 1.807) is 6.33 Å². The van der Waals surface area contributed by atoms with E-state index < -0.39 is 0 Å². The molecule has 0 fully saturated rings. The average molecular weight is 367 g/mol. The number of para-hydroxylation sites is 1. The van der Waals surface area contributed by atoms with Crippen LogP contribution in [0, 0.1) is 0 Å². The number of hydrogen-bond donors (Lipinski definition) is 2. The first kappa shape index (κ1) is 15.4. The van der Waals surface area contributed by atoms with Gasteiger partial charge in [0.05, 0.1) is 29.3 Å². The molecule has 1 unspecified atom stereocenters. The molecule has 136 valence electrons. The van der Waals surface area contributed by atoms with Gasteiger partial charge >= 0.3 is 0 Å². The molecular weight excluding hydrogens is 350 g/mol. The number of benzene rings is 2. The third kappa shape index (κ3) is 2.38. The van der Waals surface area contributed by atoms with Gasteiger partial charge in [0, 0.05) is 17.1 Å². The number of hydrogen-bond acceptors (Lipinski definition) is 4. The molecule has 0 spiro atoms. The minimum absolute atomic E-state index is 0.223. The fourth-order valence-electron chi connectivity index (χ4n) is 3.98. The minimum Gasteiger partial charge on any atom is -0.493 e. The average Bonchev–Trinajstić information content (AvgIpc) is 3.39. The van der Waals surface area contributed by atoms with Crippen LogP contribution in [0.4, 0.5) is 0 Å². The van der Waals surface area contributed by atoms with Crippen molar-refractivity contribution in [1.82, 2.24) is 24.9 Å². The zero-order chi connectivity index (χ0) is 18.5. The summed E-state index contributed by atoms with van der Waals surface area (Å²) in [7, 11) is 0. The molecular formula is C22H17N5O. The van der Waals surface area contributed by atoms with Crippen LogP contribution in [0.3, 0.4) is 0 Å². The highest BCUT2D eigenvalue weighted by Gasteiger charge is 2.24. The van der Waals surface area contributed by atoms with Crippen molar-refractivity contribution >= 4 is 22.1 Å². The van der Waals surface area contributed by atoms with Gasteiger partial charge in [-0.25, -0.2) is 15.0 Å². The van der Waals surface area contributed by atoms with Crippen LogP contribution in [-0.2, 0) is 6.42 Å². The number of aromatic nitrogens is 5. The predicted molar refractivity (Wildman–Crippen MR) is 107 cm³/mol. The summed E-state index contributed by atoms with van der Waals surface area (Å²) in [5.74, 6) is 2.17. The Balaban J connectivity index is 1.39. The Morgan fingerprint density at radius 3 is 3.00 bits per heavy atom. The smallest absolute Gasteiger partial charge is 0.141 e. The van der Waals surface area contributed by atoms with E-state index in [4.69, 9.17) is 9.72 Å². The van der Waals surface area contributed by atoms with Crippen molar-refractivity contribution in [2.75, 3.05) is 6.61 Å². The van der Waals surface area contributed by atoms with Gasteiger partial charge < -0.3 is 14.7 Å². The van der Waals surface area contributed by atoms with Gasteiger partial charge in [0.1, 0.15) is 23.5 Å². The summed E-state index contributed by atoms with van der Waals surface area (Å²) in [6, 6.07) is 16.4. The fourth-order valence-corrected chi connectivity index (χ4v) is 3.98. The molecule has 3 aromatic heterocycles. The summed E-state index contributed by atoms with van der Waals surface area (Å²) in [5.41, 5.74) is 5.99. The maximum absolute atomic E-state index is 5.94. The maximum atomic E-state index is 5.94. The number of imidazole rings is 1. The van der Waals surface area contributed by atoms with E-state index in [0.29, 0.717) is 6.61 Å². The number of fused-ring (bicyclic) bond motifs is 3.